The number of carbonyl (C=O) groups excluding carboxylic acids is 2. The van der Waals surface area contributed by atoms with E-state index in [1.165, 1.54) is 18.1 Å². The Morgan fingerprint density at radius 1 is 1.57 bits per heavy atom. The summed E-state index contributed by atoms with van der Waals surface area (Å²) < 4.78 is 4.54. The summed E-state index contributed by atoms with van der Waals surface area (Å²) in [6, 6.07) is 3.19. The molecule has 0 aliphatic heterocycles. The Balaban J connectivity index is 2.79. The summed E-state index contributed by atoms with van der Waals surface area (Å²) in [5.41, 5.74) is -0.125. The van der Waals surface area contributed by atoms with Crippen LogP contribution in [0.4, 0.5) is 0 Å². The predicted molar refractivity (Wildman–Crippen MR) is 83.8 cm³/mol. The number of ether oxygens (including phenoxy) is 1. The molecular weight excluding hydrogens is 320 g/mol. The first-order valence-corrected chi connectivity index (χ1v) is 7.71. The number of aromatic nitrogens is 2. The zero-order valence-corrected chi connectivity index (χ0v) is 14.0. The summed E-state index contributed by atoms with van der Waals surface area (Å²) in [7, 11) is 2.86. The number of esters is 1. The van der Waals surface area contributed by atoms with E-state index in [0.29, 0.717) is 6.54 Å². The fourth-order valence-corrected chi connectivity index (χ4v) is 2.65. The van der Waals surface area contributed by atoms with Gasteiger partial charge in [0.25, 0.3) is 5.56 Å². The van der Waals surface area contributed by atoms with Crippen LogP contribution in [0.2, 0.25) is 0 Å². The van der Waals surface area contributed by atoms with Gasteiger partial charge >= 0.3 is 5.97 Å². The van der Waals surface area contributed by atoms with Crippen molar-refractivity contribution in [2.45, 2.75) is 30.2 Å². The highest BCUT2D eigenvalue weighted by molar-refractivity contribution is 8.00. The number of nitrogens with one attached hydrogen (secondary N) is 1. The normalized spacial score (nSPS) is 11.4. The van der Waals surface area contributed by atoms with Gasteiger partial charge in [0.15, 0.2) is 5.16 Å². The maximum atomic E-state index is 12.1. The maximum Gasteiger partial charge on any atom is 0.311 e. The molecule has 23 heavy (non-hydrogen) atoms. The molecule has 1 heterocycles. The SMILES string of the molecule is COC(=O)Cc1cc(=O)[nH]c(S[C@@H](C)C(=O)N(C)CCC#N)n1. The molecule has 0 bridgehead atoms. The van der Waals surface area contributed by atoms with Gasteiger partial charge in [0.05, 0.1) is 37.0 Å². The Morgan fingerprint density at radius 3 is 2.87 bits per heavy atom. The molecule has 0 unspecified atom stereocenters. The fourth-order valence-electron chi connectivity index (χ4n) is 1.71. The van der Waals surface area contributed by atoms with Gasteiger partial charge in [-0.25, -0.2) is 4.98 Å². The first kappa shape index (κ1) is 18.7. The third-order valence-corrected chi connectivity index (χ3v) is 3.87. The molecule has 1 amide bonds. The second kappa shape index (κ2) is 8.95. The molecule has 1 aromatic heterocycles. The highest BCUT2D eigenvalue weighted by Crippen LogP contribution is 2.20. The molecule has 0 fully saturated rings. The Labute approximate surface area is 137 Å². The lowest BCUT2D eigenvalue weighted by molar-refractivity contribution is -0.139. The Hall–Kier alpha value is -2.34. The Kier molecular flexibility index (Phi) is 7.28. The standard InChI is InChI=1S/C14H18N4O4S/c1-9(13(21)18(2)6-4-5-15)23-14-16-10(7-11(19)17-14)8-12(20)22-3/h7,9H,4,6,8H2,1-3H3,(H,16,17,19)/t9-/m0/s1. The molecule has 8 nitrogen and oxygen atoms in total. The monoisotopic (exact) mass is 338 g/mol. The van der Waals surface area contributed by atoms with E-state index < -0.39 is 16.8 Å². The highest BCUT2D eigenvalue weighted by atomic mass is 32.2. The number of H-pyrrole nitrogens is 1. The molecular formula is C14H18N4O4S. The number of hydrogen-bond acceptors (Lipinski definition) is 7. The predicted octanol–water partition coefficient (Wildman–Crippen LogP) is 0.338. The van der Waals surface area contributed by atoms with Gasteiger partial charge in [-0.3, -0.25) is 14.4 Å². The van der Waals surface area contributed by atoms with Crippen molar-refractivity contribution in [3.8, 4) is 6.07 Å². The van der Waals surface area contributed by atoms with Gasteiger partial charge in [-0.1, -0.05) is 11.8 Å². The number of nitrogens with zero attached hydrogens (tertiary/aromatic N) is 3. The third-order valence-electron chi connectivity index (χ3n) is 2.90. The van der Waals surface area contributed by atoms with Crippen LogP contribution in [-0.2, 0) is 20.7 Å². The molecule has 1 aromatic rings. The fraction of sp³-hybridized carbons (Fsp3) is 0.500. The van der Waals surface area contributed by atoms with Crippen molar-refractivity contribution in [3.05, 3.63) is 22.1 Å². The lowest BCUT2D eigenvalue weighted by atomic mass is 10.3. The lowest BCUT2D eigenvalue weighted by Crippen LogP contribution is -2.34. The average molecular weight is 338 g/mol. The number of methoxy groups -OCH3 is 1. The third kappa shape index (κ3) is 6.12. The maximum absolute atomic E-state index is 12.1. The number of carbonyl (C=O) groups is 2. The van der Waals surface area contributed by atoms with E-state index in [4.69, 9.17) is 5.26 Å². The van der Waals surface area contributed by atoms with Crippen LogP contribution >= 0.6 is 11.8 Å². The largest absolute Gasteiger partial charge is 0.469 e. The Bertz CT molecular complexity index is 667. The van der Waals surface area contributed by atoms with Crippen LogP contribution in [-0.4, -0.2) is 52.7 Å². The van der Waals surface area contributed by atoms with E-state index in [-0.39, 0.29) is 29.6 Å². The summed E-state index contributed by atoms with van der Waals surface area (Å²) in [6.07, 6.45) is 0.141. The first-order valence-electron chi connectivity index (χ1n) is 6.83. The summed E-state index contributed by atoms with van der Waals surface area (Å²) >= 11 is 1.08. The van der Waals surface area contributed by atoms with Crippen LogP contribution in [0.15, 0.2) is 16.0 Å². The molecule has 124 valence electrons. The quantitative estimate of drug-likeness (QED) is 0.433. The number of rotatable bonds is 7. The van der Waals surface area contributed by atoms with Crippen molar-refractivity contribution >= 4 is 23.6 Å². The number of thioether (sulfide) groups is 1. The summed E-state index contributed by atoms with van der Waals surface area (Å²) in [4.78, 5) is 43.2. The second-order valence-electron chi connectivity index (χ2n) is 4.72. The molecule has 0 saturated heterocycles. The topological polar surface area (TPSA) is 116 Å². The Morgan fingerprint density at radius 2 is 2.26 bits per heavy atom. The molecule has 1 rings (SSSR count). The van der Waals surface area contributed by atoms with Crippen molar-refractivity contribution < 1.29 is 14.3 Å². The highest BCUT2D eigenvalue weighted by Gasteiger charge is 2.20. The number of hydrogen-bond donors (Lipinski definition) is 1. The molecule has 0 radical (unpaired) electrons. The summed E-state index contributed by atoms with van der Waals surface area (Å²) in [5.74, 6) is -0.675. The summed E-state index contributed by atoms with van der Waals surface area (Å²) in [6.45, 7) is 2.02. The molecule has 1 atom stereocenters. The molecule has 0 aliphatic rings. The van der Waals surface area contributed by atoms with Crippen molar-refractivity contribution in [2.24, 2.45) is 0 Å². The lowest BCUT2D eigenvalue weighted by Gasteiger charge is -2.19. The van der Waals surface area contributed by atoms with Gasteiger partial charge < -0.3 is 14.6 Å². The number of amides is 1. The zero-order valence-electron chi connectivity index (χ0n) is 13.2. The molecule has 0 spiro atoms. The molecule has 1 N–H and O–H groups in total. The van der Waals surface area contributed by atoms with Crippen LogP contribution in [0.5, 0.6) is 0 Å². The summed E-state index contributed by atoms with van der Waals surface area (Å²) in [5, 5.41) is 8.31. The molecule has 0 saturated carbocycles. The van der Waals surface area contributed by atoms with E-state index in [1.807, 2.05) is 6.07 Å². The molecule has 9 heteroatoms. The van der Waals surface area contributed by atoms with E-state index in [9.17, 15) is 14.4 Å². The minimum absolute atomic E-state index is 0.113. The van der Waals surface area contributed by atoms with Crippen molar-refractivity contribution in [2.75, 3.05) is 20.7 Å². The van der Waals surface area contributed by atoms with Crippen LogP contribution < -0.4 is 5.56 Å². The number of nitriles is 1. The zero-order chi connectivity index (χ0) is 17.4. The van der Waals surface area contributed by atoms with Gasteiger partial charge in [0.1, 0.15) is 0 Å². The van der Waals surface area contributed by atoms with Crippen LogP contribution in [0.1, 0.15) is 19.0 Å². The van der Waals surface area contributed by atoms with Crippen LogP contribution in [0.3, 0.4) is 0 Å². The smallest absolute Gasteiger partial charge is 0.311 e. The second-order valence-corrected chi connectivity index (χ2v) is 6.05. The van der Waals surface area contributed by atoms with E-state index in [1.54, 1.807) is 14.0 Å². The first-order chi connectivity index (χ1) is 10.9. The van der Waals surface area contributed by atoms with E-state index in [2.05, 4.69) is 14.7 Å². The minimum atomic E-state index is -0.501. The van der Waals surface area contributed by atoms with E-state index in [0.717, 1.165) is 11.8 Å². The van der Waals surface area contributed by atoms with Gasteiger partial charge in [0.2, 0.25) is 5.91 Å². The average Bonchev–Trinajstić information content (AvgIpc) is 2.50. The minimum Gasteiger partial charge on any atom is -0.469 e. The van der Waals surface area contributed by atoms with Crippen molar-refractivity contribution in [1.82, 2.24) is 14.9 Å². The number of aromatic amines is 1. The van der Waals surface area contributed by atoms with Crippen LogP contribution in [0, 0.1) is 11.3 Å². The van der Waals surface area contributed by atoms with Gasteiger partial charge in [-0.05, 0) is 6.92 Å². The van der Waals surface area contributed by atoms with Gasteiger partial charge in [-0.15, -0.1) is 0 Å². The van der Waals surface area contributed by atoms with Crippen molar-refractivity contribution in [3.63, 3.8) is 0 Å². The van der Waals surface area contributed by atoms with Gasteiger partial charge in [-0.2, -0.15) is 5.26 Å². The molecule has 0 aliphatic carbocycles. The molecule has 0 aromatic carbocycles. The van der Waals surface area contributed by atoms with Gasteiger partial charge in [0, 0.05) is 19.7 Å². The van der Waals surface area contributed by atoms with E-state index >= 15 is 0 Å². The van der Waals surface area contributed by atoms with Crippen LogP contribution in [0.25, 0.3) is 0 Å². The van der Waals surface area contributed by atoms with Crippen molar-refractivity contribution in [1.29, 1.82) is 5.26 Å².